The lowest BCUT2D eigenvalue weighted by Crippen LogP contribution is -2.32. The Balaban J connectivity index is 1.83. The molecule has 0 saturated carbocycles. The van der Waals surface area contributed by atoms with Crippen molar-refractivity contribution in [2.24, 2.45) is 4.99 Å². The molecule has 3 rings (SSSR count). The summed E-state index contributed by atoms with van der Waals surface area (Å²) in [4.78, 5) is 24.8. The minimum Gasteiger partial charge on any atom is -0.457 e. The fraction of sp³-hybridized carbons (Fsp3) is 0.136. The van der Waals surface area contributed by atoms with Crippen molar-refractivity contribution < 1.29 is 14.4 Å². The standard InChI is InChI=1S/C22H21ClN4O3/c1-15-11-12-21(24-13-15)26-22(27-30-16(2)28)25-14-18-19(23)9-6-10-20(18)29-17-7-4-3-5-8-17/h3-13H,14H2,1-2H3,(H2,24,25,26,27). The van der Waals surface area contributed by atoms with Crippen LogP contribution in [0.15, 0.2) is 71.9 Å². The van der Waals surface area contributed by atoms with Gasteiger partial charge in [0.2, 0.25) is 5.96 Å². The van der Waals surface area contributed by atoms with E-state index in [1.54, 1.807) is 24.4 Å². The van der Waals surface area contributed by atoms with Crippen molar-refractivity contribution in [3.05, 3.63) is 83.0 Å². The third-order valence-corrected chi connectivity index (χ3v) is 4.25. The van der Waals surface area contributed by atoms with E-state index in [0.717, 1.165) is 5.56 Å². The third kappa shape index (κ3) is 6.22. The van der Waals surface area contributed by atoms with Gasteiger partial charge in [0.1, 0.15) is 17.3 Å². The second-order valence-electron chi connectivity index (χ2n) is 6.34. The number of rotatable bonds is 5. The first kappa shape index (κ1) is 21.1. The number of benzene rings is 2. The number of aromatic nitrogens is 1. The van der Waals surface area contributed by atoms with Gasteiger partial charge in [0, 0.05) is 23.7 Å². The van der Waals surface area contributed by atoms with Crippen LogP contribution in [0.2, 0.25) is 5.02 Å². The van der Waals surface area contributed by atoms with Crippen molar-refractivity contribution in [3.8, 4) is 11.5 Å². The van der Waals surface area contributed by atoms with Gasteiger partial charge < -0.3 is 14.9 Å². The van der Waals surface area contributed by atoms with Gasteiger partial charge in [0.05, 0.1) is 6.54 Å². The molecule has 0 atom stereocenters. The summed E-state index contributed by atoms with van der Waals surface area (Å²) in [5, 5.41) is 3.49. The Morgan fingerprint density at radius 1 is 1.10 bits per heavy atom. The number of guanidine groups is 1. The first-order chi connectivity index (χ1) is 14.5. The first-order valence-electron chi connectivity index (χ1n) is 9.19. The van der Waals surface area contributed by atoms with E-state index in [0.29, 0.717) is 27.9 Å². The topological polar surface area (TPSA) is 84.8 Å². The molecule has 3 aromatic rings. The number of hydrogen-bond donors (Lipinski definition) is 2. The van der Waals surface area contributed by atoms with E-state index in [9.17, 15) is 4.79 Å². The van der Waals surface area contributed by atoms with Crippen LogP contribution in [-0.4, -0.2) is 16.9 Å². The maximum absolute atomic E-state index is 11.2. The van der Waals surface area contributed by atoms with Crippen LogP contribution in [0, 0.1) is 6.92 Å². The maximum atomic E-state index is 11.2. The van der Waals surface area contributed by atoms with E-state index >= 15 is 0 Å². The highest BCUT2D eigenvalue weighted by molar-refractivity contribution is 6.31. The van der Waals surface area contributed by atoms with Gasteiger partial charge >= 0.3 is 5.97 Å². The van der Waals surface area contributed by atoms with Crippen LogP contribution in [0.25, 0.3) is 0 Å². The monoisotopic (exact) mass is 424 g/mol. The van der Waals surface area contributed by atoms with Crippen LogP contribution in [0.1, 0.15) is 18.1 Å². The van der Waals surface area contributed by atoms with Crippen molar-refractivity contribution in [3.63, 3.8) is 0 Å². The molecule has 8 heteroatoms. The minimum absolute atomic E-state index is 0.171. The SMILES string of the molecule is CC(=O)ONC(=NCc1c(Cl)cccc1Oc1ccccc1)Nc1ccc(C)cn1. The molecular formula is C22H21ClN4O3. The largest absolute Gasteiger partial charge is 0.457 e. The highest BCUT2D eigenvalue weighted by Crippen LogP contribution is 2.31. The number of aliphatic imine (C=N–C) groups is 1. The van der Waals surface area contributed by atoms with Crippen molar-refractivity contribution in [1.82, 2.24) is 10.5 Å². The molecule has 0 fully saturated rings. The minimum atomic E-state index is -0.507. The molecule has 154 valence electrons. The van der Waals surface area contributed by atoms with Crippen LogP contribution in [0.3, 0.4) is 0 Å². The molecule has 0 spiro atoms. The smallest absolute Gasteiger partial charge is 0.329 e. The summed E-state index contributed by atoms with van der Waals surface area (Å²) in [7, 11) is 0. The fourth-order valence-corrected chi connectivity index (χ4v) is 2.67. The second kappa shape index (κ2) is 10.3. The molecule has 0 amide bonds. The van der Waals surface area contributed by atoms with Crippen LogP contribution < -0.4 is 15.5 Å². The third-order valence-electron chi connectivity index (χ3n) is 3.89. The van der Waals surface area contributed by atoms with Crippen LogP contribution in [0.4, 0.5) is 5.82 Å². The Labute approximate surface area is 179 Å². The number of halogens is 1. The Bertz CT molecular complexity index is 1020. The number of pyridine rings is 1. The van der Waals surface area contributed by atoms with Crippen molar-refractivity contribution in [2.75, 3.05) is 5.32 Å². The number of nitrogens with one attached hydrogen (secondary N) is 2. The molecule has 0 aliphatic heterocycles. The average molecular weight is 425 g/mol. The van der Waals surface area contributed by atoms with E-state index in [-0.39, 0.29) is 12.5 Å². The summed E-state index contributed by atoms with van der Waals surface area (Å²) in [6.45, 7) is 3.40. The van der Waals surface area contributed by atoms with Gasteiger partial charge in [0.15, 0.2) is 0 Å². The van der Waals surface area contributed by atoms with Gasteiger partial charge in [-0.15, -0.1) is 0 Å². The lowest BCUT2D eigenvalue weighted by Gasteiger charge is -2.13. The number of carbonyl (C=O) groups excluding carboxylic acids is 1. The molecule has 0 aliphatic carbocycles. The molecule has 1 heterocycles. The zero-order valence-electron chi connectivity index (χ0n) is 16.6. The first-order valence-corrected chi connectivity index (χ1v) is 9.57. The van der Waals surface area contributed by atoms with Crippen LogP contribution in [0.5, 0.6) is 11.5 Å². The van der Waals surface area contributed by atoms with E-state index in [1.807, 2.05) is 49.4 Å². The predicted octanol–water partition coefficient (Wildman–Crippen LogP) is 4.87. The summed E-state index contributed by atoms with van der Waals surface area (Å²) in [5.74, 6) is 1.50. The second-order valence-corrected chi connectivity index (χ2v) is 6.75. The number of ether oxygens (including phenoxy) is 1. The number of carbonyl (C=O) groups is 1. The highest BCUT2D eigenvalue weighted by atomic mass is 35.5. The molecule has 7 nitrogen and oxygen atoms in total. The van der Waals surface area contributed by atoms with Gasteiger partial charge in [-0.25, -0.2) is 9.98 Å². The summed E-state index contributed by atoms with van der Waals surface area (Å²) in [5.41, 5.74) is 4.21. The summed E-state index contributed by atoms with van der Waals surface area (Å²) in [6, 6.07) is 18.5. The summed E-state index contributed by atoms with van der Waals surface area (Å²) >= 11 is 6.40. The summed E-state index contributed by atoms with van der Waals surface area (Å²) in [6.07, 6.45) is 1.71. The number of nitrogens with zero attached hydrogens (tertiary/aromatic N) is 2. The molecule has 0 aliphatic rings. The van der Waals surface area contributed by atoms with Crippen LogP contribution >= 0.6 is 11.6 Å². The molecular weight excluding hydrogens is 404 g/mol. The highest BCUT2D eigenvalue weighted by Gasteiger charge is 2.11. The van der Waals surface area contributed by atoms with Gasteiger partial charge in [-0.3, -0.25) is 4.79 Å². The molecule has 0 bridgehead atoms. The molecule has 0 radical (unpaired) electrons. The number of aryl methyl sites for hydroxylation is 1. The Morgan fingerprint density at radius 3 is 2.60 bits per heavy atom. The Morgan fingerprint density at radius 2 is 1.90 bits per heavy atom. The molecule has 30 heavy (non-hydrogen) atoms. The summed E-state index contributed by atoms with van der Waals surface area (Å²) < 4.78 is 5.96. The average Bonchev–Trinajstić information content (AvgIpc) is 2.73. The van der Waals surface area contributed by atoms with E-state index < -0.39 is 5.97 Å². The molecule has 0 unspecified atom stereocenters. The number of hydroxylamine groups is 1. The van der Waals surface area contributed by atoms with E-state index in [1.165, 1.54) is 6.92 Å². The lowest BCUT2D eigenvalue weighted by atomic mass is 10.2. The normalized spacial score (nSPS) is 11.0. The van der Waals surface area contributed by atoms with E-state index in [2.05, 4.69) is 20.8 Å². The molecule has 0 saturated heterocycles. The van der Waals surface area contributed by atoms with Gasteiger partial charge in [-0.05, 0) is 42.8 Å². The Kier molecular flexibility index (Phi) is 7.24. The van der Waals surface area contributed by atoms with E-state index in [4.69, 9.17) is 21.2 Å². The number of anilines is 1. The lowest BCUT2D eigenvalue weighted by molar-refractivity contribution is -0.145. The van der Waals surface area contributed by atoms with Crippen molar-refractivity contribution in [1.29, 1.82) is 0 Å². The number of hydrogen-bond acceptors (Lipinski definition) is 5. The van der Waals surface area contributed by atoms with Crippen molar-refractivity contribution >= 4 is 29.3 Å². The van der Waals surface area contributed by atoms with Crippen molar-refractivity contribution in [2.45, 2.75) is 20.4 Å². The van der Waals surface area contributed by atoms with Gasteiger partial charge in [-0.1, -0.05) is 41.9 Å². The number of para-hydroxylation sites is 1. The predicted molar refractivity (Wildman–Crippen MR) is 117 cm³/mol. The Hall–Kier alpha value is -3.58. The zero-order valence-corrected chi connectivity index (χ0v) is 17.3. The van der Waals surface area contributed by atoms with Gasteiger partial charge in [0.25, 0.3) is 0 Å². The van der Waals surface area contributed by atoms with Gasteiger partial charge in [-0.2, -0.15) is 5.48 Å². The zero-order chi connectivity index (χ0) is 21.3. The molecule has 2 aromatic carbocycles. The fourth-order valence-electron chi connectivity index (χ4n) is 2.44. The molecule has 2 N–H and O–H groups in total. The van der Waals surface area contributed by atoms with Crippen LogP contribution in [-0.2, 0) is 16.2 Å². The maximum Gasteiger partial charge on any atom is 0.329 e. The molecule has 1 aromatic heterocycles. The quantitative estimate of drug-likeness (QED) is 0.345.